The molecule has 0 bridgehead atoms. The first kappa shape index (κ1) is 23.8. The van der Waals surface area contributed by atoms with Crippen LogP contribution in [0.5, 0.6) is 0 Å². The van der Waals surface area contributed by atoms with Crippen LogP contribution in [0.2, 0.25) is 10.0 Å². The van der Waals surface area contributed by atoms with E-state index in [9.17, 15) is 9.59 Å². The smallest absolute Gasteiger partial charge is 0.350 e. The van der Waals surface area contributed by atoms with Crippen molar-refractivity contribution in [1.82, 2.24) is 15.3 Å². The number of hydrogen-bond donors (Lipinski definition) is 2. The van der Waals surface area contributed by atoms with E-state index in [1.165, 1.54) is 18.4 Å². The maximum atomic E-state index is 12.7. The largest absolute Gasteiger partial charge is 0.465 e. The number of esters is 1. The highest BCUT2D eigenvalue weighted by Crippen LogP contribution is 2.31. The summed E-state index contributed by atoms with van der Waals surface area (Å²) in [4.78, 5) is 34.7. The van der Waals surface area contributed by atoms with Gasteiger partial charge in [0, 0.05) is 33.0 Å². The Labute approximate surface area is 194 Å². The molecule has 0 saturated carbocycles. The molecule has 12 heteroatoms. The molecule has 2 N–H and O–H groups in total. The number of anilines is 1. The second-order valence-electron chi connectivity index (χ2n) is 7.04. The number of aromatic nitrogens is 2. The molecule has 2 atom stereocenters. The maximum absolute atomic E-state index is 12.7. The summed E-state index contributed by atoms with van der Waals surface area (Å²) in [5.74, 6) is -0.789. The molecule has 1 fully saturated rings. The Morgan fingerprint density at radius 3 is 2.61 bits per heavy atom. The Kier molecular flexibility index (Phi) is 7.82. The lowest BCUT2D eigenvalue weighted by Gasteiger charge is -2.37. The van der Waals surface area contributed by atoms with Crippen LogP contribution in [0.1, 0.15) is 38.0 Å². The summed E-state index contributed by atoms with van der Waals surface area (Å²) in [5.41, 5.74) is 1.40. The van der Waals surface area contributed by atoms with Crippen molar-refractivity contribution < 1.29 is 23.8 Å². The zero-order valence-corrected chi connectivity index (χ0v) is 19.9. The zero-order valence-electron chi connectivity index (χ0n) is 17.6. The number of carbonyl (C=O) groups excluding carboxylic acids is 2. The van der Waals surface area contributed by atoms with Crippen LogP contribution in [-0.2, 0) is 20.8 Å². The van der Waals surface area contributed by atoms with Gasteiger partial charge in [-0.3, -0.25) is 4.79 Å². The van der Waals surface area contributed by atoms with Gasteiger partial charge in [-0.25, -0.2) is 9.78 Å². The minimum absolute atomic E-state index is 0.201. The predicted octanol–water partition coefficient (Wildman–Crippen LogP) is 3.04. The molecule has 1 aliphatic rings. The van der Waals surface area contributed by atoms with Gasteiger partial charge in [-0.1, -0.05) is 34.5 Å². The van der Waals surface area contributed by atoms with Gasteiger partial charge >= 0.3 is 5.97 Å². The minimum atomic E-state index is -0.446. The van der Waals surface area contributed by atoms with E-state index in [0.717, 1.165) is 0 Å². The third kappa shape index (κ3) is 4.98. The molecule has 0 unspecified atom stereocenters. The molecule has 0 aliphatic carbocycles. The van der Waals surface area contributed by atoms with E-state index in [-0.39, 0.29) is 35.4 Å². The van der Waals surface area contributed by atoms with Crippen LogP contribution in [-0.4, -0.2) is 68.4 Å². The van der Waals surface area contributed by atoms with Crippen LogP contribution in [0.4, 0.5) is 5.13 Å². The Bertz CT molecular complexity index is 963. The monoisotopic (exact) mass is 490 g/mol. The lowest BCUT2D eigenvalue weighted by Crippen LogP contribution is -2.55. The van der Waals surface area contributed by atoms with E-state index in [1.54, 1.807) is 21.1 Å². The number of hydrogen-bond acceptors (Lipinski definition) is 8. The van der Waals surface area contributed by atoms with Gasteiger partial charge in [-0.15, -0.1) is 0 Å². The Morgan fingerprint density at radius 1 is 1.29 bits per heavy atom. The summed E-state index contributed by atoms with van der Waals surface area (Å²) in [7, 11) is 4.47. The maximum Gasteiger partial charge on any atom is 0.350 e. The molecule has 0 radical (unpaired) electrons. The fourth-order valence-corrected chi connectivity index (χ4v) is 4.86. The molecule has 3 heterocycles. The topological polar surface area (TPSA) is 106 Å². The summed E-state index contributed by atoms with van der Waals surface area (Å²) in [6.45, 7) is 3.06. The van der Waals surface area contributed by atoms with Gasteiger partial charge in [0.15, 0.2) is 5.13 Å². The normalized spacial score (nSPS) is 18.8. The van der Waals surface area contributed by atoms with E-state index >= 15 is 0 Å². The summed E-state index contributed by atoms with van der Waals surface area (Å²) in [5, 5.41) is 4.19. The van der Waals surface area contributed by atoms with Crippen molar-refractivity contribution >= 4 is 51.5 Å². The van der Waals surface area contributed by atoms with Gasteiger partial charge in [0.25, 0.3) is 5.91 Å². The molecule has 3 rings (SSSR count). The van der Waals surface area contributed by atoms with Gasteiger partial charge in [0.1, 0.15) is 10.6 Å². The van der Waals surface area contributed by atoms with E-state index in [4.69, 9.17) is 37.4 Å². The highest BCUT2D eigenvalue weighted by molar-refractivity contribution is 7.17. The van der Waals surface area contributed by atoms with Crippen molar-refractivity contribution in [2.24, 2.45) is 0 Å². The predicted molar refractivity (Wildman–Crippen MR) is 119 cm³/mol. The molecule has 170 valence electrons. The molecule has 1 saturated heterocycles. The molecular weight excluding hydrogens is 467 g/mol. The van der Waals surface area contributed by atoms with Crippen molar-refractivity contribution in [2.45, 2.75) is 32.1 Å². The fourth-order valence-electron chi connectivity index (χ4n) is 3.42. The number of thiazole rings is 1. The summed E-state index contributed by atoms with van der Waals surface area (Å²) < 4.78 is 15.6. The van der Waals surface area contributed by atoms with Crippen LogP contribution >= 0.6 is 34.5 Å². The van der Waals surface area contributed by atoms with E-state index in [2.05, 4.69) is 15.3 Å². The number of amides is 1. The van der Waals surface area contributed by atoms with Gasteiger partial charge < -0.3 is 29.4 Å². The van der Waals surface area contributed by atoms with E-state index in [0.29, 0.717) is 45.9 Å². The third-order valence-electron chi connectivity index (χ3n) is 5.07. The molecule has 9 nitrogen and oxygen atoms in total. The first-order valence-corrected chi connectivity index (χ1v) is 11.1. The summed E-state index contributed by atoms with van der Waals surface area (Å²) in [6, 6.07) is -0.231. The number of nitrogens with one attached hydrogen (secondary N) is 2. The standard InChI is InChI=1S/C19H24Cl2N4O5S/c1-9-13(20)14(21)15(22-9)17(26)23-10-5-6-25(7-12(10)29-3)19-24-11(8-28-2)16(31-19)18(27)30-4/h10,12,22H,5-8H2,1-4H3,(H,23,26)/t10-,12+/m1/s1. The highest BCUT2D eigenvalue weighted by Gasteiger charge is 2.33. The molecular formula is C19H24Cl2N4O5S. The van der Waals surface area contributed by atoms with Gasteiger partial charge in [-0.05, 0) is 13.3 Å². The zero-order chi connectivity index (χ0) is 22.7. The average Bonchev–Trinajstić information content (AvgIpc) is 3.30. The van der Waals surface area contributed by atoms with Crippen LogP contribution in [0.15, 0.2) is 0 Å². The van der Waals surface area contributed by atoms with E-state index in [1.807, 2.05) is 4.90 Å². The van der Waals surface area contributed by atoms with E-state index < -0.39 is 5.97 Å². The van der Waals surface area contributed by atoms with Crippen molar-refractivity contribution in [3.63, 3.8) is 0 Å². The van der Waals surface area contributed by atoms with Crippen LogP contribution < -0.4 is 10.2 Å². The summed E-state index contributed by atoms with van der Waals surface area (Å²) >= 11 is 13.5. The minimum Gasteiger partial charge on any atom is -0.465 e. The molecule has 31 heavy (non-hydrogen) atoms. The first-order valence-electron chi connectivity index (χ1n) is 9.49. The van der Waals surface area contributed by atoms with Gasteiger partial charge in [-0.2, -0.15) is 0 Å². The number of aromatic amines is 1. The molecule has 2 aromatic heterocycles. The number of halogens is 2. The van der Waals surface area contributed by atoms with Crippen molar-refractivity contribution in [3.8, 4) is 0 Å². The SMILES string of the molecule is COCc1nc(N2CC[C@@H](NC(=O)c3[nH]c(C)c(Cl)c3Cl)[C@@H](OC)C2)sc1C(=O)OC. The third-order valence-corrected chi connectivity index (χ3v) is 7.15. The quantitative estimate of drug-likeness (QED) is 0.574. The number of H-pyrrole nitrogens is 1. The van der Waals surface area contributed by atoms with Crippen molar-refractivity contribution in [3.05, 3.63) is 32.0 Å². The average molecular weight is 491 g/mol. The molecule has 1 aliphatic heterocycles. The highest BCUT2D eigenvalue weighted by atomic mass is 35.5. The summed E-state index contributed by atoms with van der Waals surface area (Å²) in [6.07, 6.45) is 0.321. The molecule has 1 amide bonds. The first-order chi connectivity index (χ1) is 14.8. The second kappa shape index (κ2) is 10.2. The Hall–Kier alpha value is -1.85. The number of rotatable bonds is 7. The molecule has 2 aromatic rings. The number of aryl methyl sites for hydroxylation is 1. The van der Waals surface area contributed by atoms with Crippen LogP contribution in [0.3, 0.4) is 0 Å². The van der Waals surface area contributed by atoms with Crippen LogP contribution in [0.25, 0.3) is 0 Å². The fraction of sp³-hybridized carbons (Fsp3) is 0.526. The van der Waals surface area contributed by atoms with Crippen LogP contribution in [0, 0.1) is 6.92 Å². The Morgan fingerprint density at radius 2 is 2.03 bits per heavy atom. The number of piperidine rings is 1. The van der Waals surface area contributed by atoms with Gasteiger partial charge in [0.2, 0.25) is 0 Å². The lowest BCUT2D eigenvalue weighted by atomic mass is 10.0. The number of ether oxygens (including phenoxy) is 3. The lowest BCUT2D eigenvalue weighted by molar-refractivity contribution is 0.0540. The van der Waals surface area contributed by atoms with Crippen molar-refractivity contribution in [2.75, 3.05) is 39.3 Å². The second-order valence-corrected chi connectivity index (χ2v) is 8.77. The molecule has 0 spiro atoms. The number of carbonyl (C=O) groups is 2. The Balaban J connectivity index is 1.73. The van der Waals surface area contributed by atoms with Gasteiger partial charge in [0.05, 0.1) is 41.6 Å². The number of nitrogens with zero attached hydrogens (tertiary/aromatic N) is 2. The number of methoxy groups -OCH3 is 3. The van der Waals surface area contributed by atoms with Crippen molar-refractivity contribution in [1.29, 1.82) is 0 Å². The molecule has 0 aromatic carbocycles.